The zero-order valence-corrected chi connectivity index (χ0v) is 10.4. The minimum Gasteiger partial charge on any atom is -0.313 e. The van der Waals surface area contributed by atoms with Crippen molar-refractivity contribution in [2.75, 3.05) is 12.3 Å². The van der Waals surface area contributed by atoms with E-state index in [1.54, 1.807) is 0 Å². The van der Waals surface area contributed by atoms with Crippen LogP contribution in [0.2, 0.25) is 0 Å². The van der Waals surface area contributed by atoms with Crippen molar-refractivity contribution >= 4 is 11.8 Å². The summed E-state index contributed by atoms with van der Waals surface area (Å²) < 4.78 is 0. The molecule has 0 aromatic rings. The molecule has 0 rings (SSSR count). The van der Waals surface area contributed by atoms with Crippen LogP contribution in [0.3, 0.4) is 0 Å². The minimum atomic E-state index is 0.654. The molecule has 2 atom stereocenters. The maximum Gasteiger partial charge on any atom is 0.0170 e. The van der Waals surface area contributed by atoms with Gasteiger partial charge >= 0.3 is 0 Å². The quantitative estimate of drug-likeness (QED) is 0.608. The van der Waals surface area contributed by atoms with Crippen LogP contribution in [-0.2, 0) is 0 Å². The van der Waals surface area contributed by atoms with Gasteiger partial charge in [-0.3, -0.25) is 0 Å². The van der Waals surface area contributed by atoms with Gasteiger partial charge < -0.3 is 5.32 Å². The molecule has 0 aliphatic heterocycles. The van der Waals surface area contributed by atoms with Crippen LogP contribution in [0.1, 0.15) is 47.0 Å². The second-order valence-electron chi connectivity index (χ2n) is 3.67. The van der Waals surface area contributed by atoms with Gasteiger partial charge in [-0.25, -0.2) is 0 Å². The Hall–Kier alpha value is 0.310. The van der Waals surface area contributed by atoms with Crippen molar-refractivity contribution in [2.24, 2.45) is 0 Å². The van der Waals surface area contributed by atoms with Gasteiger partial charge in [-0.05, 0) is 32.1 Å². The van der Waals surface area contributed by atoms with Gasteiger partial charge in [-0.15, -0.1) is 0 Å². The lowest BCUT2D eigenvalue weighted by Gasteiger charge is -2.20. The predicted molar refractivity (Wildman–Crippen MR) is 64.6 cm³/mol. The SMILES string of the molecule is CCCCSC(C)C(C)NCCC. The first kappa shape index (κ1) is 13.3. The van der Waals surface area contributed by atoms with Gasteiger partial charge in [0.15, 0.2) is 0 Å². The first-order valence-electron chi connectivity index (χ1n) is 5.57. The van der Waals surface area contributed by atoms with Crippen molar-refractivity contribution in [1.82, 2.24) is 5.32 Å². The molecule has 0 saturated carbocycles. The molecular formula is C11H25NS. The summed E-state index contributed by atoms with van der Waals surface area (Å²) in [5, 5.41) is 4.29. The van der Waals surface area contributed by atoms with E-state index < -0.39 is 0 Å². The lowest BCUT2D eigenvalue weighted by atomic mass is 10.2. The fourth-order valence-corrected chi connectivity index (χ4v) is 2.31. The maximum atomic E-state index is 3.54. The van der Waals surface area contributed by atoms with Gasteiger partial charge in [0.2, 0.25) is 0 Å². The highest BCUT2D eigenvalue weighted by atomic mass is 32.2. The first-order chi connectivity index (χ1) is 6.22. The predicted octanol–water partition coefficient (Wildman–Crippen LogP) is 3.30. The van der Waals surface area contributed by atoms with Crippen LogP contribution < -0.4 is 5.32 Å². The molecular weight excluding hydrogens is 178 g/mol. The van der Waals surface area contributed by atoms with Gasteiger partial charge in [-0.2, -0.15) is 11.8 Å². The van der Waals surface area contributed by atoms with Gasteiger partial charge in [0.1, 0.15) is 0 Å². The maximum absolute atomic E-state index is 3.54. The summed E-state index contributed by atoms with van der Waals surface area (Å²) in [6, 6.07) is 0.654. The first-order valence-corrected chi connectivity index (χ1v) is 6.62. The van der Waals surface area contributed by atoms with Crippen LogP contribution in [0.25, 0.3) is 0 Å². The molecule has 0 bridgehead atoms. The molecule has 0 aromatic heterocycles. The average Bonchev–Trinajstić information content (AvgIpc) is 2.14. The van der Waals surface area contributed by atoms with E-state index >= 15 is 0 Å². The third kappa shape index (κ3) is 7.39. The highest BCUT2D eigenvalue weighted by molar-refractivity contribution is 7.99. The Labute approximate surface area is 88.1 Å². The van der Waals surface area contributed by atoms with Gasteiger partial charge in [-0.1, -0.05) is 27.2 Å². The molecule has 80 valence electrons. The highest BCUT2D eigenvalue weighted by Crippen LogP contribution is 2.15. The zero-order valence-electron chi connectivity index (χ0n) is 9.60. The summed E-state index contributed by atoms with van der Waals surface area (Å²) in [5.74, 6) is 1.32. The van der Waals surface area contributed by atoms with E-state index in [4.69, 9.17) is 0 Å². The fourth-order valence-electron chi connectivity index (χ4n) is 1.10. The second kappa shape index (κ2) is 8.89. The van der Waals surface area contributed by atoms with Crippen LogP contribution >= 0.6 is 11.8 Å². The van der Waals surface area contributed by atoms with Gasteiger partial charge in [0, 0.05) is 11.3 Å². The largest absolute Gasteiger partial charge is 0.313 e. The Bertz CT molecular complexity index is 106. The van der Waals surface area contributed by atoms with Crippen molar-refractivity contribution in [3.05, 3.63) is 0 Å². The van der Waals surface area contributed by atoms with Gasteiger partial charge in [0.25, 0.3) is 0 Å². The Morgan fingerprint density at radius 3 is 2.38 bits per heavy atom. The molecule has 0 fully saturated rings. The Morgan fingerprint density at radius 2 is 1.85 bits per heavy atom. The smallest absolute Gasteiger partial charge is 0.0170 e. The van der Waals surface area contributed by atoms with E-state index in [0.29, 0.717) is 6.04 Å². The Kier molecular flexibility index (Phi) is 9.10. The summed E-state index contributed by atoms with van der Waals surface area (Å²) >= 11 is 2.10. The monoisotopic (exact) mass is 203 g/mol. The van der Waals surface area contributed by atoms with Crippen molar-refractivity contribution in [1.29, 1.82) is 0 Å². The molecule has 0 aliphatic carbocycles. The average molecular weight is 203 g/mol. The summed E-state index contributed by atoms with van der Waals surface area (Å²) in [7, 11) is 0. The normalized spacial score (nSPS) is 15.7. The summed E-state index contributed by atoms with van der Waals surface area (Å²) in [6.07, 6.45) is 3.91. The van der Waals surface area contributed by atoms with Crippen LogP contribution in [0.4, 0.5) is 0 Å². The van der Waals surface area contributed by atoms with E-state index in [1.165, 1.54) is 25.0 Å². The molecule has 2 unspecified atom stereocenters. The summed E-state index contributed by atoms with van der Waals surface area (Å²) in [5.41, 5.74) is 0. The lowest BCUT2D eigenvalue weighted by Crippen LogP contribution is -2.34. The third-order valence-electron chi connectivity index (χ3n) is 2.30. The lowest BCUT2D eigenvalue weighted by molar-refractivity contribution is 0.542. The zero-order chi connectivity index (χ0) is 10.1. The molecule has 0 aromatic carbocycles. The minimum absolute atomic E-state index is 0.654. The van der Waals surface area contributed by atoms with E-state index in [9.17, 15) is 0 Å². The molecule has 2 heteroatoms. The molecule has 1 nitrogen and oxygen atoms in total. The molecule has 0 amide bonds. The summed E-state index contributed by atoms with van der Waals surface area (Å²) in [6.45, 7) is 10.2. The van der Waals surface area contributed by atoms with Crippen LogP contribution in [0.5, 0.6) is 0 Å². The number of hydrogen-bond acceptors (Lipinski definition) is 2. The standard InChI is InChI=1S/C11H25NS/c1-5-7-9-13-11(4)10(3)12-8-6-2/h10-12H,5-9H2,1-4H3. The highest BCUT2D eigenvalue weighted by Gasteiger charge is 2.10. The summed E-state index contributed by atoms with van der Waals surface area (Å²) in [4.78, 5) is 0. The Balaban J connectivity index is 3.38. The van der Waals surface area contributed by atoms with Crippen molar-refractivity contribution < 1.29 is 0 Å². The van der Waals surface area contributed by atoms with Crippen LogP contribution in [-0.4, -0.2) is 23.6 Å². The number of nitrogens with one attached hydrogen (secondary N) is 1. The van der Waals surface area contributed by atoms with E-state index in [1.807, 2.05) is 0 Å². The Morgan fingerprint density at radius 1 is 1.15 bits per heavy atom. The second-order valence-corrected chi connectivity index (χ2v) is 5.16. The number of unbranched alkanes of at least 4 members (excludes halogenated alkanes) is 1. The molecule has 0 aliphatic rings. The fraction of sp³-hybridized carbons (Fsp3) is 1.00. The van der Waals surface area contributed by atoms with Crippen molar-refractivity contribution in [3.8, 4) is 0 Å². The molecule has 1 N–H and O–H groups in total. The van der Waals surface area contributed by atoms with E-state index in [0.717, 1.165) is 11.8 Å². The molecule has 0 spiro atoms. The molecule has 13 heavy (non-hydrogen) atoms. The molecule has 0 heterocycles. The number of hydrogen-bond donors (Lipinski definition) is 1. The number of rotatable bonds is 8. The van der Waals surface area contributed by atoms with Crippen LogP contribution in [0, 0.1) is 0 Å². The molecule has 0 saturated heterocycles. The third-order valence-corrected chi connectivity index (χ3v) is 3.76. The molecule has 0 radical (unpaired) electrons. The van der Waals surface area contributed by atoms with E-state index in [-0.39, 0.29) is 0 Å². The van der Waals surface area contributed by atoms with Crippen molar-refractivity contribution in [2.45, 2.75) is 58.2 Å². The van der Waals surface area contributed by atoms with Crippen LogP contribution in [0.15, 0.2) is 0 Å². The number of thioether (sulfide) groups is 1. The van der Waals surface area contributed by atoms with Gasteiger partial charge in [0.05, 0.1) is 0 Å². The van der Waals surface area contributed by atoms with E-state index in [2.05, 4.69) is 44.8 Å². The van der Waals surface area contributed by atoms with Crippen molar-refractivity contribution in [3.63, 3.8) is 0 Å². The topological polar surface area (TPSA) is 12.0 Å².